The third-order valence-electron chi connectivity index (χ3n) is 5.37. The number of rotatable bonds is 6. The largest absolute Gasteiger partial charge is 0.440 e. The second-order valence-corrected chi connectivity index (χ2v) is 9.33. The Hall–Kier alpha value is -2.84. The van der Waals surface area contributed by atoms with E-state index in [0.29, 0.717) is 17.7 Å². The highest BCUT2D eigenvalue weighted by molar-refractivity contribution is 7.98. The summed E-state index contributed by atoms with van der Waals surface area (Å²) in [5, 5.41) is 13.3. The zero-order valence-electron chi connectivity index (χ0n) is 16.3. The van der Waals surface area contributed by atoms with Crippen LogP contribution >= 0.6 is 23.1 Å². The number of thiophene rings is 1. The SMILES string of the molecule is Cc1oc(-c2cccs2)nc1CSc1nnc(-c2c[nH]c3ccccc23)n1C1CC1. The summed E-state index contributed by atoms with van der Waals surface area (Å²) < 4.78 is 8.19. The zero-order chi connectivity index (χ0) is 20.1. The minimum Gasteiger partial charge on any atom is -0.440 e. The second kappa shape index (κ2) is 7.14. The first-order valence-corrected chi connectivity index (χ1v) is 11.8. The van der Waals surface area contributed by atoms with Crippen molar-refractivity contribution < 1.29 is 4.42 Å². The first kappa shape index (κ1) is 18.0. The van der Waals surface area contributed by atoms with Gasteiger partial charge in [0, 0.05) is 34.5 Å². The van der Waals surface area contributed by atoms with Gasteiger partial charge in [-0.15, -0.1) is 21.5 Å². The molecular weight excluding hydrogens is 414 g/mol. The van der Waals surface area contributed by atoms with Crippen molar-refractivity contribution in [2.24, 2.45) is 0 Å². The molecule has 0 amide bonds. The summed E-state index contributed by atoms with van der Waals surface area (Å²) >= 11 is 3.31. The summed E-state index contributed by atoms with van der Waals surface area (Å²) in [6.45, 7) is 1.98. The molecule has 0 saturated heterocycles. The number of thioether (sulfide) groups is 1. The number of hydrogen-bond acceptors (Lipinski definition) is 6. The molecule has 0 atom stereocenters. The Morgan fingerprint density at radius 1 is 1.20 bits per heavy atom. The molecule has 6 nitrogen and oxygen atoms in total. The van der Waals surface area contributed by atoms with Gasteiger partial charge in [-0.1, -0.05) is 36.0 Å². The lowest BCUT2D eigenvalue weighted by Crippen LogP contribution is -1.99. The molecule has 150 valence electrons. The molecule has 1 N–H and O–H groups in total. The van der Waals surface area contributed by atoms with Gasteiger partial charge in [-0.2, -0.15) is 0 Å². The van der Waals surface area contributed by atoms with Gasteiger partial charge in [0.25, 0.3) is 0 Å². The Morgan fingerprint density at radius 2 is 2.10 bits per heavy atom. The third kappa shape index (κ3) is 3.07. The maximum Gasteiger partial charge on any atom is 0.236 e. The van der Waals surface area contributed by atoms with Crippen LogP contribution in [0.5, 0.6) is 0 Å². The molecule has 30 heavy (non-hydrogen) atoms. The lowest BCUT2D eigenvalue weighted by atomic mass is 10.1. The summed E-state index contributed by atoms with van der Waals surface area (Å²) in [6.07, 6.45) is 4.38. The van der Waals surface area contributed by atoms with Gasteiger partial charge in [0.15, 0.2) is 11.0 Å². The molecule has 0 unspecified atom stereocenters. The number of aromatic nitrogens is 5. The van der Waals surface area contributed by atoms with E-state index in [2.05, 4.69) is 37.9 Å². The summed E-state index contributed by atoms with van der Waals surface area (Å²) in [4.78, 5) is 9.12. The first-order valence-electron chi connectivity index (χ1n) is 9.92. The third-order valence-corrected chi connectivity index (χ3v) is 7.18. The van der Waals surface area contributed by atoms with Crippen LogP contribution in [-0.4, -0.2) is 24.7 Å². The highest BCUT2D eigenvalue weighted by atomic mass is 32.2. The van der Waals surface area contributed by atoms with Gasteiger partial charge >= 0.3 is 0 Å². The predicted octanol–water partition coefficient (Wildman–Crippen LogP) is 6.08. The van der Waals surface area contributed by atoms with Gasteiger partial charge in [-0.05, 0) is 37.3 Å². The summed E-state index contributed by atoms with van der Waals surface area (Å²) in [7, 11) is 0. The Bertz CT molecular complexity index is 1330. The number of nitrogens with one attached hydrogen (secondary N) is 1. The maximum atomic E-state index is 5.89. The van der Waals surface area contributed by atoms with Crippen molar-refractivity contribution in [2.75, 3.05) is 0 Å². The van der Waals surface area contributed by atoms with Crippen LogP contribution in [-0.2, 0) is 5.75 Å². The molecule has 6 rings (SSSR count). The van der Waals surface area contributed by atoms with Crippen LogP contribution in [0.1, 0.15) is 30.3 Å². The van der Waals surface area contributed by atoms with Crippen LogP contribution in [0, 0.1) is 6.92 Å². The highest BCUT2D eigenvalue weighted by Crippen LogP contribution is 2.42. The van der Waals surface area contributed by atoms with Crippen LogP contribution in [0.3, 0.4) is 0 Å². The van der Waals surface area contributed by atoms with E-state index in [1.54, 1.807) is 23.1 Å². The lowest BCUT2D eigenvalue weighted by molar-refractivity contribution is 0.542. The molecule has 0 aliphatic heterocycles. The molecule has 4 heterocycles. The first-order chi connectivity index (χ1) is 14.8. The number of benzene rings is 1. The molecule has 1 aromatic carbocycles. The molecule has 8 heteroatoms. The molecular formula is C22H19N5OS2. The van der Waals surface area contributed by atoms with Crippen molar-refractivity contribution in [1.29, 1.82) is 0 Å². The number of aryl methyl sites for hydroxylation is 1. The van der Waals surface area contributed by atoms with Gasteiger partial charge in [0.2, 0.25) is 5.89 Å². The molecule has 1 saturated carbocycles. The van der Waals surface area contributed by atoms with E-state index in [0.717, 1.165) is 38.4 Å². The number of fused-ring (bicyclic) bond motifs is 1. The molecule has 1 aliphatic carbocycles. The van der Waals surface area contributed by atoms with E-state index in [1.807, 2.05) is 36.7 Å². The molecule has 0 spiro atoms. The molecule has 4 aromatic heterocycles. The number of oxazole rings is 1. The Morgan fingerprint density at radius 3 is 2.93 bits per heavy atom. The van der Waals surface area contributed by atoms with E-state index in [-0.39, 0.29) is 0 Å². The standard InChI is InChI=1S/C22H19N5OS2/c1-13-18(24-21(28-13)19-7-4-10-29-19)12-30-22-26-25-20(27(22)14-8-9-14)16-11-23-17-6-3-2-5-15(16)17/h2-7,10-11,14,23H,8-9,12H2,1H3. The summed E-state index contributed by atoms with van der Waals surface area (Å²) in [6, 6.07) is 12.8. The normalized spacial score (nSPS) is 14.0. The van der Waals surface area contributed by atoms with Gasteiger partial charge < -0.3 is 9.40 Å². The van der Waals surface area contributed by atoms with E-state index in [4.69, 9.17) is 9.40 Å². The van der Waals surface area contributed by atoms with E-state index in [1.165, 1.54) is 18.2 Å². The molecule has 1 fully saturated rings. The maximum absolute atomic E-state index is 5.89. The smallest absolute Gasteiger partial charge is 0.236 e. The van der Waals surface area contributed by atoms with Crippen LogP contribution in [0.2, 0.25) is 0 Å². The minimum absolute atomic E-state index is 0.478. The van der Waals surface area contributed by atoms with Gasteiger partial charge in [-0.3, -0.25) is 4.57 Å². The number of nitrogens with zero attached hydrogens (tertiary/aromatic N) is 4. The van der Waals surface area contributed by atoms with E-state index in [9.17, 15) is 0 Å². The van der Waals surface area contributed by atoms with Gasteiger partial charge in [0.05, 0.1) is 10.6 Å². The fraction of sp³-hybridized carbons (Fsp3) is 0.227. The average Bonchev–Trinajstić information content (AvgIpc) is 3.16. The van der Waals surface area contributed by atoms with Crippen molar-refractivity contribution in [3.8, 4) is 22.2 Å². The van der Waals surface area contributed by atoms with Crippen LogP contribution in [0.4, 0.5) is 0 Å². The van der Waals surface area contributed by atoms with Gasteiger partial charge in [-0.25, -0.2) is 4.98 Å². The Labute approximate surface area is 181 Å². The monoisotopic (exact) mass is 433 g/mol. The fourth-order valence-corrected chi connectivity index (χ4v) is 5.33. The Balaban J connectivity index is 1.31. The second-order valence-electron chi connectivity index (χ2n) is 7.44. The van der Waals surface area contributed by atoms with Crippen molar-refractivity contribution in [1.82, 2.24) is 24.7 Å². The Kier molecular flexibility index (Phi) is 4.28. The van der Waals surface area contributed by atoms with Crippen molar-refractivity contribution >= 4 is 34.0 Å². The molecule has 0 radical (unpaired) electrons. The number of aromatic amines is 1. The van der Waals surface area contributed by atoms with Gasteiger partial charge in [0.1, 0.15) is 5.76 Å². The highest BCUT2D eigenvalue weighted by Gasteiger charge is 2.31. The molecule has 1 aliphatic rings. The number of H-pyrrole nitrogens is 1. The van der Waals surface area contributed by atoms with Crippen molar-refractivity contribution in [3.05, 3.63) is 59.4 Å². The summed E-state index contributed by atoms with van der Waals surface area (Å²) in [5.41, 5.74) is 3.18. The topological polar surface area (TPSA) is 72.5 Å². The molecule has 5 aromatic rings. The van der Waals surface area contributed by atoms with Crippen molar-refractivity contribution in [3.63, 3.8) is 0 Å². The zero-order valence-corrected chi connectivity index (χ0v) is 18.0. The number of para-hydroxylation sites is 1. The van der Waals surface area contributed by atoms with E-state index >= 15 is 0 Å². The lowest BCUT2D eigenvalue weighted by Gasteiger charge is -2.08. The average molecular weight is 434 g/mol. The van der Waals surface area contributed by atoms with Crippen molar-refractivity contribution in [2.45, 2.75) is 36.7 Å². The number of hydrogen-bond donors (Lipinski definition) is 1. The van der Waals surface area contributed by atoms with Crippen LogP contribution in [0.25, 0.3) is 33.1 Å². The van der Waals surface area contributed by atoms with Crippen LogP contribution in [0.15, 0.2) is 57.5 Å². The predicted molar refractivity (Wildman–Crippen MR) is 120 cm³/mol. The minimum atomic E-state index is 0.478. The quantitative estimate of drug-likeness (QED) is 0.329. The van der Waals surface area contributed by atoms with Crippen LogP contribution < -0.4 is 0 Å². The fourth-order valence-electron chi connectivity index (χ4n) is 3.68. The van der Waals surface area contributed by atoms with E-state index < -0.39 is 0 Å². The molecule has 0 bridgehead atoms. The summed E-state index contributed by atoms with van der Waals surface area (Å²) in [5.74, 6) is 3.20.